The van der Waals surface area contributed by atoms with Gasteiger partial charge in [0.15, 0.2) is 0 Å². The first-order chi connectivity index (χ1) is 11.7. The summed E-state index contributed by atoms with van der Waals surface area (Å²) in [5.74, 6) is 0.608. The van der Waals surface area contributed by atoms with Crippen molar-refractivity contribution in [2.75, 3.05) is 52.5 Å². The molecule has 0 spiro atoms. The van der Waals surface area contributed by atoms with E-state index in [-0.39, 0.29) is 18.4 Å². The van der Waals surface area contributed by atoms with Gasteiger partial charge in [-0.3, -0.25) is 14.4 Å². The fourth-order valence-corrected chi connectivity index (χ4v) is 3.66. The predicted molar refractivity (Wildman–Crippen MR) is 89.8 cm³/mol. The molecule has 2 aliphatic rings. The maximum absolute atomic E-state index is 12.5. The number of nitrogens with zero attached hydrogens (tertiary/aromatic N) is 4. The molecule has 1 aromatic heterocycles. The fourth-order valence-electron chi connectivity index (χ4n) is 3.50. The van der Waals surface area contributed by atoms with Crippen LogP contribution in [0, 0.1) is 11.8 Å². The van der Waals surface area contributed by atoms with E-state index >= 15 is 0 Å². The minimum atomic E-state index is 0.115. The van der Waals surface area contributed by atoms with Gasteiger partial charge in [-0.25, -0.2) is 0 Å². The molecule has 1 aromatic rings. The minimum Gasteiger partial charge on any atom is -0.396 e. The zero-order valence-electron chi connectivity index (χ0n) is 13.8. The van der Waals surface area contributed by atoms with Gasteiger partial charge in [-0.05, 0) is 5.92 Å². The molecule has 3 heterocycles. The Morgan fingerprint density at radius 1 is 1.33 bits per heavy atom. The number of carbonyl (C=O) groups is 1. The highest BCUT2D eigenvalue weighted by molar-refractivity contribution is 6.30. The van der Waals surface area contributed by atoms with Crippen molar-refractivity contribution in [1.82, 2.24) is 19.6 Å². The van der Waals surface area contributed by atoms with Crippen LogP contribution in [-0.4, -0.2) is 83.1 Å². The maximum Gasteiger partial charge on any atom is 0.224 e. The summed E-state index contributed by atoms with van der Waals surface area (Å²) in [4.78, 5) is 16.7. The van der Waals surface area contributed by atoms with Crippen molar-refractivity contribution >= 4 is 17.5 Å². The summed E-state index contributed by atoms with van der Waals surface area (Å²) in [7, 11) is 0. The smallest absolute Gasteiger partial charge is 0.224 e. The molecule has 2 fully saturated rings. The molecule has 7 nitrogen and oxygen atoms in total. The molecule has 8 heteroatoms. The van der Waals surface area contributed by atoms with Crippen LogP contribution in [-0.2, 0) is 16.1 Å². The number of morpholine rings is 1. The first kappa shape index (κ1) is 17.7. The van der Waals surface area contributed by atoms with Crippen molar-refractivity contribution < 1.29 is 14.6 Å². The molecule has 0 unspecified atom stereocenters. The minimum absolute atomic E-state index is 0.115. The van der Waals surface area contributed by atoms with E-state index in [2.05, 4.69) is 10.00 Å². The lowest BCUT2D eigenvalue weighted by Crippen LogP contribution is -2.41. The largest absolute Gasteiger partial charge is 0.396 e. The Hall–Kier alpha value is -1.15. The number of aliphatic hydroxyl groups excluding tert-OH is 1. The molecule has 1 amide bonds. The van der Waals surface area contributed by atoms with Crippen molar-refractivity contribution in [2.45, 2.75) is 13.0 Å². The van der Waals surface area contributed by atoms with Crippen LogP contribution in [0.2, 0.25) is 5.02 Å². The molecule has 3 rings (SSSR count). The SMILES string of the molecule is O=C(CCn1cc(Cl)cn1)N1C[C@@H](CN2CCOCC2)[C@@H](CO)C1. The Kier molecular flexibility index (Phi) is 6.10. The molecule has 0 aromatic carbocycles. The average Bonchev–Trinajstić information content (AvgIpc) is 3.19. The van der Waals surface area contributed by atoms with Gasteiger partial charge in [-0.1, -0.05) is 11.6 Å². The van der Waals surface area contributed by atoms with Crippen LogP contribution in [0.5, 0.6) is 0 Å². The number of ether oxygens (including phenoxy) is 1. The van der Waals surface area contributed by atoms with Gasteiger partial charge in [0.25, 0.3) is 0 Å². The lowest BCUT2D eigenvalue weighted by Gasteiger charge is -2.30. The van der Waals surface area contributed by atoms with Crippen LogP contribution in [0.3, 0.4) is 0 Å². The number of likely N-dealkylation sites (tertiary alicyclic amines) is 1. The van der Waals surface area contributed by atoms with Gasteiger partial charge in [0, 0.05) is 64.4 Å². The van der Waals surface area contributed by atoms with Crippen molar-refractivity contribution in [3.8, 4) is 0 Å². The Bertz CT molecular complexity index is 547. The zero-order chi connectivity index (χ0) is 16.9. The number of hydrogen-bond acceptors (Lipinski definition) is 5. The second kappa shape index (κ2) is 8.29. The van der Waals surface area contributed by atoms with Crippen molar-refractivity contribution in [3.05, 3.63) is 17.4 Å². The number of aryl methyl sites for hydroxylation is 1. The Labute approximate surface area is 147 Å². The van der Waals surface area contributed by atoms with Crippen LogP contribution in [0.25, 0.3) is 0 Å². The van der Waals surface area contributed by atoms with E-state index in [1.807, 2.05) is 4.90 Å². The topological polar surface area (TPSA) is 70.8 Å². The Morgan fingerprint density at radius 2 is 2.08 bits per heavy atom. The van der Waals surface area contributed by atoms with E-state index in [4.69, 9.17) is 16.3 Å². The Balaban J connectivity index is 1.49. The van der Waals surface area contributed by atoms with E-state index in [1.165, 1.54) is 0 Å². The third kappa shape index (κ3) is 4.47. The van der Waals surface area contributed by atoms with Gasteiger partial charge in [0.2, 0.25) is 5.91 Å². The standard InChI is InChI=1S/C16H25ClN4O3/c17-15-7-18-21(11-15)2-1-16(23)20-9-13(14(10-20)12-22)8-19-3-5-24-6-4-19/h7,11,13-14,22H,1-6,8-10,12H2/t13-,14-/m1/s1. The molecular weight excluding hydrogens is 332 g/mol. The maximum atomic E-state index is 12.5. The lowest BCUT2D eigenvalue weighted by atomic mass is 9.96. The zero-order valence-corrected chi connectivity index (χ0v) is 14.6. The van der Waals surface area contributed by atoms with Gasteiger partial charge in [-0.15, -0.1) is 0 Å². The van der Waals surface area contributed by atoms with Gasteiger partial charge in [0.1, 0.15) is 0 Å². The number of aliphatic hydroxyl groups is 1. The third-order valence-corrected chi connectivity index (χ3v) is 5.11. The quantitative estimate of drug-likeness (QED) is 0.795. The monoisotopic (exact) mass is 356 g/mol. The Morgan fingerprint density at radius 3 is 2.75 bits per heavy atom. The van der Waals surface area contributed by atoms with Gasteiger partial charge >= 0.3 is 0 Å². The first-order valence-corrected chi connectivity index (χ1v) is 8.90. The summed E-state index contributed by atoms with van der Waals surface area (Å²) in [6.07, 6.45) is 3.69. The number of carbonyl (C=O) groups excluding carboxylic acids is 1. The number of hydrogen-bond donors (Lipinski definition) is 1. The van der Waals surface area contributed by atoms with E-state index in [0.717, 1.165) is 39.4 Å². The highest BCUT2D eigenvalue weighted by atomic mass is 35.5. The van der Waals surface area contributed by atoms with Crippen LogP contribution in [0.4, 0.5) is 0 Å². The van der Waals surface area contributed by atoms with Crippen LogP contribution in [0.15, 0.2) is 12.4 Å². The fraction of sp³-hybridized carbons (Fsp3) is 0.750. The third-order valence-electron chi connectivity index (χ3n) is 4.92. The molecule has 2 aliphatic heterocycles. The predicted octanol–water partition coefficient (Wildman–Crippen LogP) is 0.326. The molecular formula is C16H25ClN4O3. The average molecular weight is 357 g/mol. The lowest BCUT2D eigenvalue weighted by molar-refractivity contribution is -0.130. The molecule has 0 bridgehead atoms. The van der Waals surface area contributed by atoms with E-state index in [0.29, 0.717) is 30.5 Å². The van der Waals surface area contributed by atoms with Crippen LogP contribution >= 0.6 is 11.6 Å². The molecule has 24 heavy (non-hydrogen) atoms. The number of halogens is 1. The molecule has 0 aliphatic carbocycles. The number of rotatable bonds is 6. The molecule has 1 N–H and O–H groups in total. The molecule has 2 saturated heterocycles. The van der Waals surface area contributed by atoms with Crippen LogP contribution < -0.4 is 0 Å². The second-order valence-electron chi connectivity index (χ2n) is 6.59. The summed E-state index contributed by atoms with van der Waals surface area (Å²) < 4.78 is 7.06. The number of amides is 1. The van der Waals surface area contributed by atoms with Gasteiger partial charge in [-0.2, -0.15) is 5.10 Å². The summed E-state index contributed by atoms with van der Waals surface area (Å²) in [6, 6.07) is 0. The number of aromatic nitrogens is 2. The van der Waals surface area contributed by atoms with Crippen molar-refractivity contribution in [3.63, 3.8) is 0 Å². The normalized spacial score (nSPS) is 25.3. The summed E-state index contributed by atoms with van der Waals surface area (Å²) in [5.41, 5.74) is 0. The highest BCUT2D eigenvalue weighted by Gasteiger charge is 2.35. The molecule has 0 radical (unpaired) electrons. The molecule has 134 valence electrons. The summed E-state index contributed by atoms with van der Waals surface area (Å²) in [6.45, 7) is 6.36. The van der Waals surface area contributed by atoms with E-state index in [1.54, 1.807) is 17.1 Å². The van der Waals surface area contributed by atoms with E-state index in [9.17, 15) is 9.90 Å². The second-order valence-corrected chi connectivity index (χ2v) is 7.02. The van der Waals surface area contributed by atoms with Gasteiger partial charge < -0.3 is 14.7 Å². The highest BCUT2D eigenvalue weighted by Crippen LogP contribution is 2.25. The summed E-state index contributed by atoms with van der Waals surface area (Å²) in [5, 5.41) is 14.3. The van der Waals surface area contributed by atoms with Crippen LogP contribution in [0.1, 0.15) is 6.42 Å². The van der Waals surface area contributed by atoms with Crippen molar-refractivity contribution in [1.29, 1.82) is 0 Å². The molecule has 2 atom stereocenters. The molecule has 0 saturated carbocycles. The van der Waals surface area contributed by atoms with E-state index < -0.39 is 0 Å². The summed E-state index contributed by atoms with van der Waals surface area (Å²) >= 11 is 5.83. The first-order valence-electron chi connectivity index (χ1n) is 8.52. The van der Waals surface area contributed by atoms with Crippen molar-refractivity contribution in [2.24, 2.45) is 11.8 Å². The van der Waals surface area contributed by atoms with Gasteiger partial charge in [0.05, 0.1) is 24.4 Å².